The molecular weight excluding hydrogens is 216 g/mol. The van der Waals surface area contributed by atoms with Gasteiger partial charge in [-0.1, -0.05) is 13.3 Å². The fourth-order valence-electron chi connectivity index (χ4n) is 2.20. The van der Waals surface area contributed by atoms with Crippen LogP contribution in [0.4, 0.5) is 0 Å². The topological polar surface area (TPSA) is 41.6 Å². The van der Waals surface area contributed by atoms with Crippen LogP contribution in [0.5, 0.6) is 0 Å². The lowest BCUT2D eigenvalue weighted by Gasteiger charge is -2.31. The van der Waals surface area contributed by atoms with E-state index in [1.165, 1.54) is 12.8 Å². The molecule has 0 unspecified atom stereocenters. The van der Waals surface area contributed by atoms with E-state index in [2.05, 4.69) is 17.1 Å². The molecule has 4 nitrogen and oxygen atoms in total. The van der Waals surface area contributed by atoms with Crippen LogP contribution in [-0.2, 0) is 9.53 Å². The van der Waals surface area contributed by atoms with E-state index < -0.39 is 0 Å². The van der Waals surface area contributed by atoms with Gasteiger partial charge < -0.3 is 10.1 Å². The molecular formula is C13H26N2O2. The van der Waals surface area contributed by atoms with E-state index in [-0.39, 0.29) is 5.97 Å². The van der Waals surface area contributed by atoms with Crippen molar-refractivity contribution in [3.05, 3.63) is 0 Å². The maximum absolute atomic E-state index is 11.5. The third kappa shape index (κ3) is 6.03. The molecule has 1 fully saturated rings. The van der Waals surface area contributed by atoms with E-state index >= 15 is 0 Å². The predicted octanol–water partition coefficient (Wildman–Crippen LogP) is 1.26. The standard InChI is InChI=1S/C13H26N2O2/c1-3-4-9-17-13(16)11-15-7-5-12(6-8-15)10-14-2/h12,14H,3-11H2,1-2H3. The molecule has 0 radical (unpaired) electrons. The number of carbonyl (C=O) groups is 1. The molecule has 1 N–H and O–H groups in total. The molecule has 0 aromatic rings. The van der Waals surface area contributed by atoms with Gasteiger partial charge in [0.05, 0.1) is 13.2 Å². The number of piperidine rings is 1. The molecule has 1 aliphatic heterocycles. The van der Waals surface area contributed by atoms with Gasteiger partial charge in [0.25, 0.3) is 0 Å². The fraction of sp³-hybridized carbons (Fsp3) is 0.923. The zero-order chi connectivity index (χ0) is 12.5. The molecule has 0 spiro atoms. The van der Waals surface area contributed by atoms with E-state index in [1.54, 1.807) is 0 Å². The molecule has 1 aliphatic rings. The first-order valence-electron chi connectivity index (χ1n) is 6.78. The van der Waals surface area contributed by atoms with Crippen molar-refractivity contribution in [2.45, 2.75) is 32.6 Å². The molecule has 1 heterocycles. The Morgan fingerprint density at radius 2 is 2.12 bits per heavy atom. The Hall–Kier alpha value is -0.610. The number of rotatable bonds is 7. The maximum Gasteiger partial charge on any atom is 0.320 e. The van der Waals surface area contributed by atoms with Crippen LogP contribution in [0, 0.1) is 5.92 Å². The molecule has 0 aromatic heterocycles. The quantitative estimate of drug-likeness (QED) is 0.539. The highest BCUT2D eigenvalue weighted by Crippen LogP contribution is 2.15. The molecule has 0 aromatic carbocycles. The van der Waals surface area contributed by atoms with Gasteiger partial charge in [-0.2, -0.15) is 0 Å². The van der Waals surface area contributed by atoms with Crippen LogP contribution in [-0.4, -0.2) is 50.7 Å². The third-order valence-corrected chi connectivity index (χ3v) is 3.31. The highest BCUT2D eigenvalue weighted by Gasteiger charge is 2.20. The maximum atomic E-state index is 11.5. The predicted molar refractivity (Wildman–Crippen MR) is 69.0 cm³/mol. The second kappa shape index (κ2) is 8.48. The van der Waals surface area contributed by atoms with Crippen LogP contribution in [0.3, 0.4) is 0 Å². The SMILES string of the molecule is CCCCOC(=O)CN1CCC(CNC)CC1. The molecule has 0 amide bonds. The number of ether oxygens (including phenoxy) is 1. The molecule has 1 rings (SSSR count). The second-order valence-electron chi connectivity index (χ2n) is 4.85. The molecule has 17 heavy (non-hydrogen) atoms. The number of hydrogen-bond donors (Lipinski definition) is 1. The number of nitrogens with one attached hydrogen (secondary N) is 1. The Kier molecular flexibility index (Phi) is 7.21. The minimum atomic E-state index is -0.0643. The monoisotopic (exact) mass is 242 g/mol. The fourth-order valence-corrected chi connectivity index (χ4v) is 2.20. The van der Waals surface area contributed by atoms with Gasteiger partial charge in [-0.05, 0) is 51.9 Å². The van der Waals surface area contributed by atoms with Crippen LogP contribution in [0.1, 0.15) is 32.6 Å². The Morgan fingerprint density at radius 3 is 2.71 bits per heavy atom. The van der Waals surface area contributed by atoms with Crippen LogP contribution < -0.4 is 5.32 Å². The number of hydrogen-bond acceptors (Lipinski definition) is 4. The van der Waals surface area contributed by atoms with Crippen molar-refractivity contribution in [2.75, 3.05) is 39.8 Å². The van der Waals surface area contributed by atoms with Gasteiger partial charge in [-0.25, -0.2) is 0 Å². The van der Waals surface area contributed by atoms with Crippen molar-refractivity contribution in [3.63, 3.8) is 0 Å². The normalized spacial score (nSPS) is 18.2. The zero-order valence-corrected chi connectivity index (χ0v) is 11.2. The van der Waals surface area contributed by atoms with E-state index in [0.717, 1.165) is 38.4 Å². The summed E-state index contributed by atoms with van der Waals surface area (Å²) in [4.78, 5) is 13.7. The van der Waals surface area contributed by atoms with Crippen LogP contribution in [0.2, 0.25) is 0 Å². The summed E-state index contributed by atoms with van der Waals surface area (Å²) in [7, 11) is 2.00. The summed E-state index contributed by atoms with van der Waals surface area (Å²) in [5, 5.41) is 3.22. The molecule has 0 bridgehead atoms. The summed E-state index contributed by atoms with van der Waals surface area (Å²) in [5.74, 6) is 0.706. The number of esters is 1. The van der Waals surface area contributed by atoms with Gasteiger partial charge in [0, 0.05) is 0 Å². The summed E-state index contributed by atoms with van der Waals surface area (Å²) in [6.07, 6.45) is 4.41. The van der Waals surface area contributed by atoms with Crippen molar-refractivity contribution < 1.29 is 9.53 Å². The van der Waals surface area contributed by atoms with Gasteiger partial charge >= 0.3 is 5.97 Å². The first-order chi connectivity index (χ1) is 8.26. The van der Waals surface area contributed by atoms with E-state index in [9.17, 15) is 4.79 Å². The Labute approximate surface area is 105 Å². The molecule has 0 atom stereocenters. The lowest BCUT2D eigenvalue weighted by molar-refractivity contribution is -0.145. The number of nitrogens with zero attached hydrogens (tertiary/aromatic N) is 1. The number of likely N-dealkylation sites (tertiary alicyclic amines) is 1. The third-order valence-electron chi connectivity index (χ3n) is 3.31. The minimum absolute atomic E-state index is 0.0643. The molecule has 1 saturated heterocycles. The Bertz CT molecular complexity index is 213. The minimum Gasteiger partial charge on any atom is -0.465 e. The number of carbonyl (C=O) groups excluding carboxylic acids is 1. The highest BCUT2D eigenvalue weighted by atomic mass is 16.5. The molecule has 100 valence electrons. The van der Waals surface area contributed by atoms with Gasteiger partial charge in [-0.15, -0.1) is 0 Å². The average molecular weight is 242 g/mol. The van der Waals surface area contributed by atoms with E-state index in [1.807, 2.05) is 7.05 Å². The van der Waals surface area contributed by atoms with Crippen LogP contribution in [0.25, 0.3) is 0 Å². The molecule has 0 aliphatic carbocycles. The highest BCUT2D eigenvalue weighted by molar-refractivity contribution is 5.71. The van der Waals surface area contributed by atoms with Crippen LogP contribution in [0.15, 0.2) is 0 Å². The van der Waals surface area contributed by atoms with Crippen molar-refractivity contribution in [2.24, 2.45) is 5.92 Å². The summed E-state index contributed by atoms with van der Waals surface area (Å²) in [5.41, 5.74) is 0. The Morgan fingerprint density at radius 1 is 1.41 bits per heavy atom. The summed E-state index contributed by atoms with van der Waals surface area (Å²) < 4.78 is 5.17. The van der Waals surface area contributed by atoms with Gasteiger partial charge in [0.15, 0.2) is 0 Å². The average Bonchev–Trinajstić information content (AvgIpc) is 2.32. The van der Waals surface area contributed by atoms with Gasteiger partial charge in [0.1, 0.15) is 0 Å². The van der Waals surface area contributed by atoms with Crippen LogP contribution >= 0.6 is 0 Å². The van der Waals surface area contributed by atoms with Crippen molar-refractivity contribution >= 4 is 5.97 Å². The summed E-state index contributed by atoms with van der Waals surface area (Å²) in [6.45, 7) is 6.28. The van der Waals surface area contributed by atoms with E-state index in [0.29, 0.717) is 13.2 Å². The summed E-state index contributed by atoms with van der Waals surface area (Å²) in [6, 6.07) is 0. The first-order valence-corrected chi connectivity index (χ1v) is 6.78. The smallest absolute Gasteiger partial charge is 0.320 e. The van der Waals surface area contributed by atoms with Crippen molar-refractivity contribution in [1.82, 2.24) is 10.2 Å². The second-order valence-corrected chi connectivity index (χ2v) is 4.85. The molecule has 4 heteroatoms. The van der Waals surface area contributed by atoms with Gasteiger partial charge in [0.2, 0.25) is 0 Å². The van der Waals surface area contributed by atoms with Crippen molar-refractivity contribution in [1.29, 1.82) is 0 Å². The van der Waals surface area contributed by atoms with E-state index in [4.69, 9.17) is 4.74 Å². The first kappa shape index (κ1) is 14.5. The lowest BCUT2D eigenvalue weighted by Crippen LogP contribution is -2.39. The van der Waals surface area contributed by atoms with Crippen molar-refractivity contribution in [3.8, 4) is 0 Å². The largest absolute Gasteiger partial charge is 0.465 e. The number of unbranched alkanes of at least 4 members (excludes halogenated alkanes) is 1. The Balaban J connectivity index is 2.10. The summed E-state index contributed by atoms with van der Waals surface area (Å²) >= 11 is 0. The lowest BCUT2D eigenvalue weighted by atomic mass is 9.97. The zero-order valence-electron chi connectivity index (χ0n) is 11.2. The molecule has 0 saturated carbocycles. The van der Waals surface area contributed by atoms with Gasteiger partial charge in [-0.3, -0.25) is 9.69 Å².